The molecule has 0 aliphatic carbocycles. The number of sulfonamides is 1. The van der Waals surface area contributed by atoms with E-state index in [0.29, 0.717) is 18.5 Å². The first-order valence-corrected chi connectivity index (χ1v) is 15.2. The van der Waals surface area contributed by atoms with E-state index in [-0.39, 0.29) is 37.4 Å². The lowest BCUT2D eigenvalue weighted by molar-refractivity contribution is -0.141. The molecule has 0 fully saturated rings. The summed E-state index contributed by atoms with van der Waals surface area (Å²) >= 11 is 0. The van der Waals surface area contributed by atoms with Gasteiger partial charge < -0.3 is 10.2 Å². The molecule has 0 aliphatic rings. The van der Waals surface area contributed by atoms with Gasteiger partial charge in [-0.2, -0.15) is 0 Å². The highest BCUT2D eigenvalue weighted by molar-refractivity contribution is 7.92. The highest BCUT2D eigenvalue weighted by Gasteiger charge is 2.31. The van der Waals surface area contributed by atoms with Crippen LogP contribution in [-0.2, 0) is 32.6 Å². The van der Waals surface area contributed by atoms with E-state index in [1.165, 1.54) is 10.6 Å². The number of amides is 2. The molecule has 0 spiro atoms. The first-order chi connectivity index (χ1) is 18.7. The van der Waals surface area contributed by atoms with Crippen molar-refractivity contribution in [2.24, 2.45) is 0 Å². The fourth-order valence-corrected chi connectivity index (χ4v) is 5.34. The van der Waals surface area contributed by atoms with Gasteiger partial charge in [-0.05, 0) is 43.0 Å². The summed E-state index contributed by atoms with van der Waals surface area (Å²) in [5, 5.41) is 3.07. The largest absolute Gasteiger partial charge is 0.352 e. The van der Waals surface area contributed by atoms with E-state index in [2.05, 4.69) is 5.32 Å². The van der Waals surface area contributed by atoms with Crippen molar-refractivity contribution in [2.75, 3.05) is 17.1 Å². The minimum Gasteiger partial charge on any atom is -0.352 e. The van der Waals surface area contributed by atoms with Crippen LogP contribution in [0.3, 0.4) is 0 Å². The van der Waals surface area contributed by atoms with Crippen LogP contribution in [0, 0.1) is 0 Å². The lowest BCUT2D eigenvalue weighted by atomic mass is 10.0. The van der Waals surface area contributed by atoms with Crippen molar-refractivity contribution < 1.29 is 18.0 Å². The molecule has 208 valence electrons. The number of hydrogen-bond donors (Lipinski definition) is 1. The SMILES string of the molecule is CC[C@@H](C)NC(=O)[C@@H](Cc1ccccc1)N(Cc1ccccc1)C(=O)CCCN(c1ccccc1)S(C)(=O)=O. The molecule has 0 unspecified atom stereocenters. The van der Waals surface area contributed by atoms with E-state index in [9.17, 15) is 18.0 Å². The lowest BCUT2D eigenvalue weighted by Gasteiger charge is -2.32. The van der Waals surface area contributed by atoms with Gasteiger partial charge in [-0.15, -0.1) is 0 Å². The van der Waals surface area contributed by atoms with Gasteiger partial charge in [0.1, 0.15) is 6.04 Å². The van der Waals surface area contributed by atoms with Crippen LogP contribution in [0.5, 0.6) is 0 Å². The summed E-state index contributed by atoms with van der Waals surface area (Å²) in [6, 6.07) is 27.4. The van der Waals surface area contributed by atoms with Crippen molar-refractivity contribution in [3.8, 4) is 0 Å². The van der Waals surface area contributed by atoms with Gasteiger partial charge in [0.2, 0.25) is 21.8 Å². The molecule has 2 amide bonds. The van der Waals surface area contributed by atoms with E-state index in [0.717, 1.165) is 17.5 Å². The van der Waals surface area contributed by atoms with Crippen LogP contribution >= 0.6 is 0 Å². The normalized spacial score (nSPS) is 12.8. The Morgan fingerprint density at radius 1 is 0.846 bits per heavy atom. The topological polar surface area (TPSA) is 86.8 Å². The van der Waals surface area contributed by atoms with Crippen molar-refractivity contribution in [1.29, 1.82) is 0 Å². The Bertz CT molecular complexity index is 1290. The van der Waals surface area contributed by atoms with Crippen molar-refractivity contribution in [3.63, 3.8) is 0 Å². The second-order valence-corrected chi connectivity index (χ2v) is 11.7. The molecule has 3 aromatic carbocycles. The Morgan fingerprint density at radius 2 is 1.38 bits per heavy atom. The average molecular weight is 550 g/mol. The number of rotatable bonds is 14. The van der Waals surface area contributed by atoms with E-state index >= 15 is 0 Å². The van der Waals surface area contributed by atoms with Crippen molar-refractivity contribution in [1.82, 2.24) is 10.2 Å². The Morgan fingerprint density at radius 3 is 1.92 bits per heavy atom. The minimum atomic E-state index is -3.53. The van der Waals surface area contributed by atoms with Crippen molar-refractivity contribution in [2.45, 2.75) is 58.2 Å². The number of hydrogen-bond acceptors (Lipinski definition) is 4. The maximum Gasteiger partial charge on any atom is 0.243 e. The summed E-state index contributed by atoms with van der Waals surface area (Å²) in [5.41, 5.74) is 2.44. The lowest BCUT2D eigenvalue weighted by Crippen LogP contribution is -2.52. The molecule has 0 heterocycles. The third-order valence-electron chi connectivity index (χ3n) is 6.66. The number of nitrogens with zero attached hydrogens (tertiary/aromatic N) is 2. The molecule has 39 heavy (non-hydrogen) atoms. The fourth-order valence-electron chi connectivity index (χ4n) is 4.37. The molecule has 3 rings (SSSR count). The van der Waals surface area contributed by atoms with Crippen LogP contribution in [-0.4, -0.2) is 50.0 Å². The predicted octanol–water partition coefficient (Wildman–Crippen LogP) is 4.79. The summed E-state index contributed by atoms with van der Waals surface area (Å²) in [6.07, 6.45) is 2.74. The number of carbonyl (C=O) groups excluding carboxylic acids is 2. The summed E-state index contributed by atoms with van der Waals surface area (Å²) in [4.78, 5) is 29.0. The third-order valence-corrected chi connectivity index (χ3v) is 7.86. The summed E-state index contributed by atoms with van der Waals surface area (Å²) < 4.78 is 26.3. The van der Waals surface area contributed by atoms with E-state index in [4.69, 9.17) is 0 Å². The number of anilines is 1. The molecular weight excluding hydrogens is 510 g/mol. The van der Waals surface area contributed by atoms with Gasteiger partial charge in [-0.3, -0.25) is 13.9 Å². The molecule has 8 heteroatoms. The Kier molecular flexibility index (Phi) is 11.1. The fraction of sp³-hybridized carbons (Fsp3) is 0.355. The number of benzene rings is 3. The molecule has 0 aliphatic heterocycles. The highest BCUT2D eigenvalue weighted by Crippen LogP contribution is 2.20. The van der Waals surface area contributed by atoms with Gasteiger partial charge >= 0.3 is 0 Å². The maximum atomic E-state index is 13.8. The van der Waals surface area contributed by atoms with Crippen molar-refractivity contribution >= 4 is 27.5 Å². The first kappa shape index (κ1) is 29.9. The van der Waals surface area contributed by atoms with E-state index in [1.807, 2.05) is 80.6 Å². The minimum absolute atomic E-state index is 0.0290. The van der Waals surface area contributed by atoms with Crippen LogP contribution in [0.15, 0.2) is 91.0 Å². The second-order valence-electron chi connectivity index (χ2n) is 9.80. The molecule has 7 nitrogen and oxygen atoms in total. The first-order valence-electron chi connectivity index (χ1n) is 13.4. The molecular formula is C31H39N3O4S. The van der Waals surface area contributed by atoms with E-state index in [1.54, 1.807) is 29.2 Å². The molecule has 2 atom stereocenters. The number of carbonyl (C=O) groups is 2. The molecule has 0 bridgehead atoms. The zero-order chi connectivity index (χ0) is 28.3. The molecule has 3 aromatic rings. The Hall–Kier alpha value is -3.65. The van der Waals surface area contributed by atoms with Gasteiger partial charge in [0.15, 0.2) is 0 Å². The van der Waals surface area contributed by atoms with Crippen LogP contribution in [0.1, 0.15) is 44.2 Å². The standard InChI is InChI=1S/C31H39N3O4S/c1-4-25(2)32-31(36)29(23-26-15-8-5-9-16-26)33(24-27-17-10-6-11-18-27)30(35)21-14-22-34(39(3,37)38)28-19-12-7-13-20-28/h5-13,15-20,25,29H,4,14,21-24H2,1-3H3,(H,32,36)/t25-,29-/m1/s1. The smallest absolute Gasteiger partial charge is 0.243 e. The summed E-state index contributed by atoms with van der Waals surface area (Å²) in [6.45, 7) is 4.39. The molecule has 0 saturated heterocycles. The average Bonchev–Trinajstić information content (AvgIpc) is 2.93. The van der Waals surface area contributed by atoms with Gasteiger partial charge in [0.25, 0.3) is 0 Å². The molecule has 0 radical (unpaired) electrons. The molecule has 0 aromatic heterocycles. The zero-order valence-electron chi connectivity index (χ0n) is 23.0. The van der Waals surface area contributed by atoms with Crippen LogP contribution in [0.2, 0.25) is 0 Å². The summed E-state index contributed by atoms with van der Waals surface area (Å²) in [7, 11) is -3.53. The van der Waals surface area contributed by atoms with Crippen LogP contribution < -0.4 is 9.62 Å². The van der Waals surface area contributed by atoms with Gasteiger partial charge in [-0.25, -0.2) is 8.42 Å². The zero-order valence-corrected chi connectivity index (χ0v) is 23.8. The maximum absolute atomic E-state index is 13.8. The quantitative estimate of drug-likeness (QED) is 0.313. The van der Waals surface area contributed by atoms with E-state index < -0.39 is 16.1 Å². The van der Waals surface area contributed by atoms with Crippen LogP contribution in [0.4, 0.5) is 5.69 Å². The monoisotopic (exact) mass is 549 g/mol. The van der Waals surface area contributed by atoms with Crippen molar-refractivity contribution in [3.05, 3.63) is 102 Å². The van der Waals surface area contributed by atoms with Gasteiger partial charge in [0.05, 0.1) is 11.9 Å². The third kappa shape index (κ3) is 9.25. The van der Waals surface area contributed by atoms with Gasteiger partial charge in [0, 0.05) is 32.0 Å². The van der Waals surface area contributed by atoms with Crippen LogP contribution in [0.25, 0.3) is 0 Å². The summed E-state index contributed by atoms with van der Waals surface area (Å²) in [5.74, 6) is -0.389. The number of nitrogens with one attached hydrogen (secondary N) is 1. The predicted molar refractivity (Wildman–Crippen MR) is 157 cm³/mol. The number of para-hydroxylation sites is 1. The van der Waals surface area contributed by atoms with Gasteiger partial charge in [-0.1, -0.05) is 85.8 Å². The second kappa shape index (κ2) is 14.5. The highest BCUT2D eigenvalue weighted by atomic mass is 32.2. The Balaban J connectivity index is 1.86. The molecule has 1 N–H and O–H groups in total. The molecule has 0 saturated carbocycles. The Labute approximate surface area is 232 Å².